The van der Waals surface area contributed by atoms with E-state index in [2.05, 4.69) is 20.4 Å². The summed E-state index contributed by atoms with van der Waals surface area (Å²) in [6, 6.07) is 11.2. The van der Waals surface area contributed by atoms with E-state index in [1.807, 2.05) is 44.2 Å². The molecule has 2 aromatic heterocycles. The van der Waals surface area contributed by atoms with Gasteiger partial charge in [-0.1, -0.05) is 44.2 Å². The van der Waals surface area contributed by atoms with Crippen molar-refractivity contribution in [2.45, 2.75) is 39.0 Å². The summed E-state index contributed by atoms with van der Waals surface area (Å²) in [6.07, 6.45) is -0.534. The maximum atomic E-state index is 12.8. The highest BCUT2D eigenvalue weighted by Crippen LogP contribution is 2.34. The Morgan fingerprint density at radius 1 is 1.14 bits per heavy atom. The van der Waals surface area contributed by atoms with Gasteiger partial charge in [0.15, 0.2) is 0 Å². The van der Waals surface area contributed by atoms with Crippen molar-refractivity contribution >= 4 is 5.82 Å². The summed E-state index contributed by atoms with van der Waals surface area (Å²) in [7, 11) is 0. The van der Waals surface area contributed by atoms with Crippen molar-refractivity contribution in [3.8, 4) is 11.8 Å². The average molecular weight is 405 g/mol. The lowest BCUT2D eigenvalue weighted by atomic mass is 10.00. The largest absolute Gasteiger partial charge is 0.472 e. The van der Waals surface area contributed by atoms with Crippen LogP contribution in [-0.4, -0.2) is 32.5 Å². The lowest BCUT2D eigenvalue weighted by Crippen LogP contribution is -2.24. The second-order valence-electron chi connectivity index (χ2n) is 6.59. The second kappa shape index (κ2) is 8.93. The molecule has 2 heterocycles. The SMILES string of the molecule is CCC(C)c1c(NCC(F)(F)F)nc(-n2cccn2)nc1OCc1ccccc1. The fraction of sp³-hybridized carbons (Fsp3) is 0.350. The molecule has 6 nitrogen and oxygen atoms in total. The predicted octanol–water partition coefficient (Wildman–Crippen LogP) is 4.73. The van der Waals surface area contributed by atoms with E-state index < -0.39 is 12.7 Å². The Morgan fingerprint density at radius 3 is 2.52 bits per heavy atom. The number of aromatic nitrogens is 4. The lowest BCUT2D eigenvalue weighted by molar-refractivity contribution is -0.115. The maximum Gasteiger partial charge on any atom is 0.405 e. The molecule has 0 saturated heterocycles. The zero-order valence-corrected chi connectivity index (χ0v) is 16.1. The van der Waals surface area contributed by atoms with E-state index in [1.54, 1.807) is 18.5 Å². The van der Waals surface area contributed by atoms with Crippen molar-refractivity contribution in [3.05, 3.63) is 59.9 Å². The number of rotatable bonds is 8. The van der Waals surface area contributed by atoms with Gasteiger partial charge >= 0.3 is 6.18 Å². The second-order valence-corrected chi connectivity index (χ2v) is 6.59. The summed E-state index contributed by atoms with van der Waals surface area (Å²) >= 11 is 0. The quantitative estimate of drug-likeness (QED) is 0.587. The van der Waals surface area contributed by atoms with Crippen molar-refractivity contribution in [2.75, 3.05) is 11.9 Å². The average Bonchev–Trinajstić information content (AvgIpc) is 3.25. The molecule has 1 unspecified atom stereocenters. The van der Waals surface area contributed by atoms with Gasteiger partial charge < -0.3 is 10.1 Å². The van der Waals surface area contributed by atoms with Gasteiger partial charge in [0.1, 0.15) is 19.0 Å². The third kappa shape index (κ3) is 5.46. The van der Waals surface area contributed by atoms with Gasteiger partial charge in [0.25, 0.3) is 5.95 Å². The van der Waals surface area contributed by atoms with Crippen LogP contribution in [0.5, 0.6) is 5.88 Å². The van der Waals surface area contributed by atoms with E-state index in [0.29, 0.717) is 12.0 Å². The van der Waals surface area contributed by atoms with Crippen LogP contribution in [0.3, 0.4) is 0 Å². The Kier molecular flexibility index (Phi) is 6.36. The summed E-state index contributed by atoms with van der Waals surface area (Å²) in [5.41, 5.74) is 1.44. The van der Waals surface area contributed by atoms with Gasteiger partial charge in [-0.25, -0.2) is 4.68 Å². The van der Waals surface area contributed by atoms with E-state index in [4.69, 9.17) is 4.74 Å². The molecule has 0 saturated carbocycles. The third-order valence-corrected chi connectivity index (χ3v) is 4.39. The van der Waals surface area contributed by atoms with Crippen LogP contribution >= 0.6 is 0 Å². The summed E-state index contributed by atoms with van der Waals surface area (Å²) < 4.78 is 45.9. The molecule has 29 heavy (non-hydrogen) atoms. The first-order chi connectivity index (χ1) is 13.9. The van der Waals surface area contributed by atoms with Crippen LogP contribution in [0.2, 0.25) is 0 Å². The van der Waals surface area contributed by atoms with Crippen molar-refractivity contribution < 1.29 is 17.9 Å². The first-order valence-corrected chi connectivity index (χ1v) is 9.26. The smallest absolute Gasteiger partial charge is 0.405 e. The molecule has 0 radical (unpaired) electrons. The van der Waals surface area contributed by atoms with E-state index >= 15 is 0 Å². The van der Waals surface area contributed by atoms with E-state index in [0.717, 1.165) is 5.56 Å². The number of ether oxygens (including phenoxy) is 1. The molecule has 0 fully saturated rings. The van der Waals surface area contributed by atoms with Crippen molar-refractivity contribution in [2.24, 2.45) is 0 Å². The number of alkyl halides is 3. The molecule has 0 aliphatic heterocycles. The number of anilines is 1. The van der Waals surface area contributed by atoms with Crippen LogP contribution in [-0.2, 0) is 6.61 Å². The van der Waals surface area contributed by atoms with Crippen LogP contribution in [0.1, 0.15) is 37.3 Å². The number of benzene rings is 1. The lowest BCUT2D eigenvalue weighted by Gasteiger charge is -2.20. The first-order valence-electron chi connectivity index (χ1n) is 9.26. The highest BCUT2D eigenvalue weighted by Gasteiger charge is 2.29. The fourth-order valence-electron chi connectivity index (χ4n) is 2.73. The number of hydrogen-bond donors (Lipinski definition) is 1. The van der Waals surface area contributed by atoms with E-state index in [-0.39, 0.29) is 30.2 Å². The third-order valence-electron chi connectivity index (χ3n) is 4.39. The van der Waals surface area contributed by atoms with E-state index in [1.165, 1.54) is 4.68 Å². The first kappa shape index (κ1) is 20.6. The number of nitrogens with one attached hydrogen (secondary N) is 1. The van der Waals surface area contributed by atoms with Gasteiger partial charge in [-0.3, -0.25) is 0 Å². The fourth-order valence-corrected chi connectivity index (χ4v) is 2.73. The van der Waals surface area contributed by atoms with Gasteiger partial charge in [-0.05, 0) is 24.0 Å². The zero-order chi connectivity index (χ0) is 20.9. The van der Waals surface area contributed by atoms with E-state index in [9.17, 15) is 13.2 Å². The summed E-state index contributed by atoms with van der Waals surface area (Å²) in [4.78, 5) is 8.75. The molecule has 0 aliphatic carbocycles. The minimum absolute atomic E-state index is 0.0974. The molecule has 0 amide bonds. The zero-order valence-electron chi connectivity index (χ0n) is 16.1. The summed E-state index contributed by atoms with van der Waals surface area (Å²) in [6.45, 7) is 2.88. The molecule has 154 valence electrons. The minimum Gasteiger partial charge on any atom is -0.472 e. The number of hydrogen-bond acceptors (Lipinski definition) is 5. The molecule has 3 rings (SSSR count). The van der Waals surface area contributed by atoms with Gasteiger partial charge in [0.05, 0.1) is 5.56 Å². The van der Waals surface area contributed by atoms with Crippen molar-refractivity contribution in [1.82, 2.24) is 19.7 Å². The highest BCUT2D eigenvalue weighted by atomic mass is 19.4. The topological polar surface area (TPSA) is 64.9 Å². The van der Waals surface area contributed by atoms with Gasteiger partial charge in [-0.15, -0.1) is 0 Å². The normalized spacial score (nSPS) is 12.6. The predicted molar refractivity (Wildman–Crippen MR) is 103 cm³/mol. The number of nitrogens with zero attached hydrogens (tertiary/aromatic N) is 4. The van der Waals surface area contributed by atoms with Gasteiger partial charge in [0.2, 0.25) is 5.88 Å². The van der Waals surface area contributed by atoms with Crippen LogP contribution in [0.4, 0.5) is 19.0 Å². The Morgan fingerprint density at radius 2 is 1.90 bits per heavy atom. The Balaban J connectivity index is 2.02. The van der Waals surface area contributed by atoms with Crippen LogP contribution in [0.15, 0.2) is 48.8 Å². The van der Waals surface area contributed by atoms with Crippen molar-refractivity contribution in [3.63, 3.8) is 0 Å². The van der Waals surface area contributed by atoms with Crippen LogP contribution in [0.25, 0.3) is 5.95 Å². The molecular weight excluding hydrogens is 383 g/mol. The molecule has 1 N–H and O–H groups in total. The monoisotopic (exact) mass is 405 g/mol. The number of halogens is 3. The summed E-state index contributed by atoms with van der Waals surface area (Å²) in [5, 5.41) is 6.49. The Labute approximate surface area is 166 Å². The van der Waals surface area contributed by atoms with Gasteiger partial charge in [-0.2, -0.15) is 28.2 Å². The minimum atomic E-state index is -4.38. The maximum absolute atomic E-state index is 12.8. The van der Waals surface area contributed by atoms with Crippen molar-refractivity contribution in [1.29, 1.82) is 0 Å². The standard InChI is InChI=1S/C20H22F3N5O/c1-3-14(2)16-17(24-13-20(21,22)23)26-19(28-11-7-10-25-28)27-18(16)29-12-15-8-5-4-6-9-15/h4-11,14H,3,12-13H2,1-2H3,(H,24,26,27). The molecule has 0 bridgehead atoms. The molecule has 1 atom stereocenters. The molecule has 3 aromatic rings. The summed E-state index contributed by atoms with van der Waals surface area (Å²) in [5.74, 6) is 0.367. The molecule has 0 aliphatic rings. The van der Waals surface area contributed by atoms with Crippen LogP contribution < -0.4 is 10.1 Å². The van der Waals surface area contributed by atoms with Crippen LogP contribution in [0, 0.1) is 0 Å². The highest BCUT2D eigenvalue weighted by molar-refractivity contribution is 5.53. The molecular formula is C20H22F3N5O. The molecule has 0 spiro atoms. The Hall–Kier alpha value is -3.10. The molecule has 9 heteroatoms. The molecule has 1 aromatic carbocycles. The van der Waals surface area contributed by atoms with Gasteiger partial charge in [0, 0.05) is 12.4 Å². The Bertz CT molecular complexity index is 914.